The van der Waals surface area contributed by atoms with E-state index in [2.05, 4.69) is 0 Å². The number of rotatable bonds is 5. The zero-order chi connectivity index (χ0) is 21.3. The number of ether oxygens (including phenoxy) is 1. The second-order valence-electron chi connectivity index (χ2n) is 7.02. The number of hydrogen-bond acceptors (Lipinski definition) is 4. The lowest BCUT2D eigenvalue weighted by molar-refractivity contribution is 0.0650. The molecule has 30 heavy (non-hydrogen) atoms. The molecule has 0 atom stereocenters. The summed E-state index contributed by atoms with van der Waals surface area (Å²) in [5.41, 5.74) is 2.74. The molecule has 4 rings (SSSR count). The zero-order valence-corrected chi connectivity index (χ0v) is 16.7. The maximum Gasteiger partial charge on any atom is 0.263 e. The summed E-state index contributed by atoms with van der Waals surface area (Å²) in [5, 5.41) is 0. The third-order valence-electron chi connectivity index (χ3n) is 5.09. The lowest BCUT2D eigenvalue weighted by Crippen LogP contribution is -2.44. The van der Waals surface area contributed by atoms with Crippen LogP contribution in [0.15, 0.2) is 72.8 Å². The van der Waals surface area contributed by atoms with Crippen molar-refractivity contribution in [1.82, 2.24) is 4.90 Å². The maximum absolute atomic E-state index is 13.3. The van der Waals surface area contributed by atoms with Crippen LogP contribution in [-0.4, -0.2) is 36.4 Å². The van der Waals surface area contributed by atoms with Crippen LogP contribution in [0.5, 0.6) is 5.75 Å². The second kappa shape index (κ2) is 7.83. The van der Waals surface area contributed by atoms with Crippen molar-refractivity contribution < 1.29 is 19.1 Å². The summed E-state index contributed by atoms with van der Waals surface area (Å²) in [4.78, 5) is 41.5. The standard InChI is InChI=1S/C24H20N2O4/c1-16-7-9-17(10-8-16)22(27)25(18-11-13-19(30-2)14-12-18)15-26-23(28)20-5-3-4-6-21(20)24(26)29/h3-14H,15H2,1-2H3. The first-order valence-electron chi connectivity index (χ1n) is 9.47. The highest BCUT2D eigenvalue weighted by molar-refractivity contribution is 6.22. The van der Waals surface area contributed by atoms with Gasteiger partial charge in [0.05, 0.1) is 18.2 Å². The molecule has 150 valence electrons. The summed E-state index contributed by atoms with van der Waals surface area (Å²) in [6.45, 7) is 1.75. The van der Waals surface area contributed by atoms with Crippen LogP contribution in [0.3, 0.4) is 0 Å². The Morgan fingerprint density at radius 1 is 0.867 bits per heavy atom. The number of fused-ring (bicyclic) bond motifs is 1. The number of anilines is 1. The highest BCUT2D eigenvalue weighted by atomic mass is 16.5. The van der Waals surface area contributed by atoms with E-state index in [0.717, 1.165) is 10.5 Å². The van der Waals surface area contributed by atoms with Crippen molar-refractivity contribution in [2.75, 3.05) is 18.7 Å². The first-order valence-corrected chi connectivity index (χ1v) is 9.47. The predicted molar refractivity (Wildman–Crippen MR) is 113 cm³/mol. The van der Waals surface area contributed by atoms with Gasteiger partial charge in [-0.15, -0.1) is 0 Å². The van der Waals surface area contributed by atoms with Gasteiger partial charge in [-0.05, 0) is 55.5 Å². The topological polar surface area (TPSA) is 66.9 Å². The van der Waals surface area contributed by atoms with Crippen LogP contribution in [-0.2, 0) is 0 Å². The summed E-state index contributed by atoms with van der Waals surface area (Å²) < 4.78 is 5.19. The smallest absolute Gasteiger partial charge is 0.263 e. The summed E-state index contributed by atoms with van der Waals surface area (Å²) >= 11 is 0. The lowest BCUT2D eigenvalue weighted by Gasteiger charge is -2.27. The number of methoxy groups -OCH3 is 1. The SMILES string of the molecule is COc1ccc(N(CN2C(=O)c3ccccc3C2=O)C(=O)c2ccc(C)cc2)cc1. The van der Waals surface area contributed by atoms with E-state index >= 15 is 0 Å². The molecule has 0 bridgehead atoms. The van der Waals surface area contributed by atoms with Crippen LogP contribution in [0.1, 0.15) is 36.6 Å². The Morgan fingerprint density at radius 3 is 1.97 bits per heavy atom. The Bertz CT molecular complexity index is 1090. The molecule has 0 radical (unpaired) electrons. The van der Waals surface area contributed by atoms with E-state index in [1.54, 1.807) is 67.8 Å². The molecular formula is C24H20N2O4. The number of nitrogens with zero attached hydrogens (tertiary/aromatic N) is 2. The highest BCUT2D eigenvalue weighted by Crippen LogP contribution is 2.26. The lowest BCUT2D eigenvalue weighted by atomic mass is 10.1. The van der Waals surface area contributed by atoms with Crippen molar-refractivity contribution in [1.29, 1.82) is 0 Å². The molecule has 6 heteroatoms. The van der Waals surface area contributed by atoms with Crippen molar-refractivity contribution >= 4 is 23.4 Å². The summed E-state index contributed by atoms with van der Waals surface area (Å²) in [7, 11) is 1.56. The molecule has 0 saturated carbocycles. The van der Waals surface area contributed by atoms with Crippen LogP contribution in [0.4, 0.5) is 5.69 Å². The molecule has 0 unspecified atom stereocenters. The molecule has 0 spiro atoms. The minimum Gasteiger partial charge on any atom is -0.497 e. The van der Waals surface area contributed by atoms with Gasteiger partial charge >= 0.3 is 0 Å². The number of carbonyl (C=O) groups is 3. The molecule has 0 aliphatic carbocycles. The molecule has 3 aromatic rings. The third kappa shape index (κ3) is 3.43. The number of carbonyl (C=O) groups excluding carboxylic acids is 3. The van der Waals surface area contributed by atoms with Gasteiger partial charge in [-0.3, -0.25) is 24.2 Å². The summed E-state index contributed by atoms with van der Waals surface area (Å²) in [5.74, 6) is -0.490. The van der Waals surface area contributed by atoms with Gasteiger partial charge in [-0.2, -0.15) is 0 Å². The van der Waals surface area contributed by atoms with Crippen molar-refractivity contribution in [2.24, 2.45) is 0 Å². The number of amides is 3. The zero-order valence-electron chi connectivity index (χ0n) is 16.7. The van der Waals surface area contributed by atoms with Crippen LogP contribution < -0.4 is 9.64 Å². The van der Waals surface area contributed by atoms with E-state index in [4.69, 9.17) is 4.74 Å². The molecule has 3 aromatic carbocycles. The molecule has 0 aromatic heterocycles. The Labute approximate surface area is 174 Å². The average Bonchev–Trinajstić information content (AvgIpc) is 3.02. The molecule has 1 aliphatic rings. The predicted octanol–water partition coefficient (Wildman–Crippen LogP) is 3.90. The van der Waals surface area contributed by atoms with Gasteiger partial charge in [0, 0.05) is 11.3 Å². The maximum atomic E-state index is 13.3. The average molecular weight is 400 g/mol. The summed E-state index contributed by atoms with van der Waals surface area (Å²) in [6.07, 6.45) is 0. The van der Waals surface area contributed by atoms with E-state index in [-0.39, 0.29) is 12.6 Å². The molecule has 1 heterocycles. The first-order chi connectivity index (χ1) is 14.5. The van der Waals surface area contributed by atoms with E-state index in [0.29, 0.717) is 28.1 Å². The first kappa shape index (κ1) is 19.4. The largest absolute Gasteiger partial charge is 0.497 e. The molecule has 1 aliphatic heterocycles. The van der Waals surface area contributed by atoms with Crippen LogP contribution >= 0.6 is 0 Å². The van der Waals surface area contributed by atoms with Crippen molar-refractivity contribution in [2.45, 2.75) is 6.92 Å². The Balaban J connectivity index is 1.70. The van der Waals surface area contributed by atoms with Gasteiger partial charge in [0.25, 0.3) is 17.7 Å². The molecule has 0 saturated heterocycles. The molecule has 6 nitrogen and oxygen atoms in total. The van der Waals surface area contributed by atoms with Crippen molar-refractivity contribution in [3.05, 3.63) is 95.1 Å². The number of aryl methyl sites for hydroxylation is 1. The molecule has 0 fully saturated rings. The minimum atomic E-state index is -0.411. The van der Waals surface area contributed by atoms with Gasteiger partial charge in [-0.25, -0.2) is 0 Å². The van der Waals surface area contributed by atoms with Gasteiger partial charge in [-0.1, -0.05) is 29.8 Å². The molecular weight excluding hydrogens is 380 g/mol. The van der Waals surface area contributed by atoms with E-state index < -0.39 is 11.8 Å². The fraction of sp³-hybridized carbons (Fsp3) is 0.125. The minimum absolute atomic E-state index is 0.189. The number of benzene rings is 3. The van der Waals surface area contributed by atoms with Crippen LogP contribution in [0.2, 0.25) is 0 Å². The van der Waals surface area contributed by atoms with E-state index in [1.807, 2.05) is 19.1 Å². The molecule has 3 amide bonds. The third-order valence-corrected chi connectivity index (χ3v) is 5.09. The normalized spacial score (nSPS) is 12.7. The van der Waals surface area contributed by atoms with Crippen LogP contribution in [0, 0.1) is 6.92 Å². The van der Waals surface area contributed by atoms with Crippen molar-refractivity contribution in [3.8, 4) is 5.75 Å². The Hall–Kier alpha value is -3.93. The number of hydrogen-bond donors (Lipinski definition) is 0. The van der Waals surface area contributed by atoms with E-state index in [9.17, 15) is 14.4 Å². The monoisotopic (exact) mass is 400 g/mol. The van der Waals surface area contributed by atoms with Gasteiger partial charge in [0.2, 0.25) is 0 Å². The molecule has 0 N–H and O–H groups in total. The summed E-state index contributed by atoms with van der Waals surface area (Å²) in [6, 6.07) is 20.7. The number of imide groups is 1. The fourth-order valence-corrected chi connectivity index (χ4v) is 3.39. The van der Waals surface area contributed by atoms with Crippen molar-refractivity contribution in [3.63, 3.8) is 0 Å². The fourth-order valence-electron chi connectivity index (χ4n) is 3.39. The van der Waals surface area contributed by atoms with Gasteiger partial charge in [0.15, 0.2) is 0 Å². The Morgan fingerprint density at radius 2 is 1.43 bits per heavy atom. The van der Waals surface area contributed by atoms with Gasteiger partial charge in [0.1, 0.15) is 12.4 Å². The van der Waals surface area contributed by atoms with E-state index in [1.165, 1.54) is 4.90 Å². The highest BCUT2D eigenvalue weighted by Gasteiger charge is 2.37. The second-order valence-corrected chi connectivity index (χ2v) is 7.02. The van der Waals surface area contributed by atoms with Crippen LogP contribution in [0.25, 0.3) is 0 Å². The quantitative estimate of drug-likeness (QED) is 0.609. The van der Waals surface area contributed by atoms with Gasteiger partial charge < -0.3 is 4.74 Å². The Kier molecular flexibility index (Phi) is 5.06.